The molecule has 0 aliphatic carbocycles. The SMILES string of the molecule is CC(C)(CN)CN(Cc1cccc(NC(=O)c2cccc(Cl)c2)c1)C(=O)c1ccc2c(c1)OCO2. The third kappa shape index (κ3) is 6.12. The second-order valence-electron chi connectivity index (χ2n) is 9.26. The molecule has 0 bridgehead atoms. The average molecular weight is 494 g/mol. The molecule has 3 aromatic rings. The van der Waals surface area contributed by atoms with E-state index < -0.39 is 0 Å². The lowest BCUT2D eigenvalue weighted by atomic mass is 9.92. The smallest absolute Gasteiger partial charge is 0.255 e. The summed E-state index contributed by atoms with van der Waals surface area (Å²) in [4.78, 5) is 27.9. The third-order valence-electron chi connectivity index (χ3n) is 5.72. The molecular formula is C27H28ClN3O4. The number of amides is 2. The van der Waals surface area contributed by atoms with Crippen molar-refractivity contribution >= 4 is 29.1 Å². The number of ether oxygens (including phenoxy) is 2. The highest BCUT2D eigenvalue weighted by Gasteiger charge is 2.26. The highest BCUT2D eigenvalue weighted by molar-refractivity contribution is 6.31. The Labute approximate surface area is 209 Å². The van der Waals surface area contributed by atoms with Crippen LogP contribution in [0.1, 0.15) is 40.1 Å². The molecule has 0 saturated heterocycles. The lowest BCUT2D eigenvalue weighted by Crippen LogP contribution is -2.41. The van der Waals surface area contributed by atoms with E-state index in [1.165, 1.54) is 0 Å². The molecule has 0 unspecified atom stereocenters. The van der Waals surface area contributed by atoms with Crippen LogP contribution < -0.4 is 20.5 Å². The van der Waals surface area contributed by atoms with Gasteiger partial charge in [0.1, 0.15) is 0 Å². The first-order valence-corrected chi connectivity index (χ1v) is 11.7. The van der Waals surface area contributed by atoms with Crippen LogP contribution in [-0.4, -0.2) is 36.6 Å². The van der Waals surface area contributed by atoms with Crippen LogP contribution in [-0.2, 0) is 6.54 Å². The van der Waals surface area contributed by atoms with Gasteiger partial charge in [-0.05, 0) is 66.1 Å². The fraction of sp³-hybridized carbons (Fsp3) is 0.259. The Morgan fingerprint density at radius 2 is 1.77 bits per heavy atom. The number of carbonyl (C=O) groups excluding carboxylic acids is 2. The standard InChI is InChI=1S/C27H28ClN3O4/c1-27(2,15-29)16-31(26(33)20-9-10-23-24(13-20)35-17-34-23)14-18-5-3-8-22(11-18)30-25(32)19-6-4-7-21(28)12-19/h3-13H,14-17,29H2,1-2H3,(H,30,32). The van der Waals surface area contributed by atoms with Crippen LogP contribution >= 0.6 is 11.6 Å². The Bertz CT molecular complexity index is 1240. The molecule has 3 N–H and O–H groups in total. The maximum absolute atomic E-state index is 13.5. The lowest BCUT2D eigenvalue weighted by Gasteiger charge is -2.32. The molecule has 3 aromatic carbocycles. The van der Waals surface area contributed by atoms with Gasteiger partial charge >= 0.3 is 0 Å². The molecule has 0 saturated carbocycles. The van der Waals surface area contributed by atoms with E-state index in [9.17, 15) is 9.59 Å². The molecule has 4 rings (SSSR count). The number of nitrogens with zero attached hydrogens (tertiary/aromatic N) is 1. The molecule has 0 aromatic heterocycles. The number of rotatable bonds is 8. The maximum atomic E-state index is 13.5. The normalized spacial score (nSPS) is 12.3. The van der Waals surface area contributed by atoms with Gasteiger partial charge in [0.05, 0.1) is 0 Å². The number of benzene rings is 3. The van der Waals surface area contributed by atoms with Gasteiger partial charge in [0.15, 0.2) is 11.5 Å². The minimum atomic E-state index is -0.287. The summed E-state index contributed by atoms with van der Waals surface area (Å²) < 4.78 is 10.8. The molecule has 0 spiro atoms. The highest BCUT2D eigenvalue weighted by Crippen LogP contribution is 2.33. The van der Waals surface area contributed by atoms with Crippen molar-refractivity contribution in [2.24, 2.45) is 11.1 Å². The van der Waals surface area contributed by atoms with E-state index in [2.05, 4.69) is 5.32 Å². The van der Waals surface area contributed by atoms with Crippen LogP contribution in [0.4, 0.5) is 5.69 Å². The number of carbonyl (C=O) groups is 2. The van der Waals surface area contributed by atoms with E-state index in [1.54, 1.807) is 53.4 Å². The monoisotopic (exact) mass is 493 g/mol. The van der Waals surface area contributed by atoms with E-state index >= 15 is 0 Å². The summed E-state index contributed by atoms with van der Waals surface area (Å²) in [6.07, 6.45) is 0. The summed E-state index contributed by atoms with van der Waals surface area (Å²) in [6, 6.07) is 19.4. The summed E-state index contributed by atoms with van der Waals surface area (Å²) >= 11 is 6.01. The van der Waals surface area contributed by atoms with Crippen molar-refractivity contribution in [3.63, 3.8) is 0 Å². The molecule has 0 fully saturated rings. The lowest BCUT2D eigenvalue weighted by molar-refractivity contribution is 0.0672. The second-order valence-corrected chi connectivity index (χ2v) is 9.70. The highest BCUT2D eigenvalue weighted by atomic mass is 35.5. The largest absolute Gasteiger partial charge is 0.454 e. The average Bonchev–Trinajstić information content (AvgIpc) is 3.31. The molecular weight excluding hydrogens is 466 g/mol. The zero-order valence-electron chi connectivity index (χ0n) is 19.7. The van der Waals surface area contributed by atoms with Crippen LogP contribution in [0.2, 0.25) is 5.02 Å². The third-order valence-corrected chi connectivity index (χ3v) is 5.96. The van der Waals surface area contributed by atoms with E-state index in [0.29, 0.717) is 53.0 Å². The van der Waals surface area contributed by atoms with Gasteiger partial charge in [-0.1, -0.05) is 43.6 Å². The van der Waals surface area contributed by atoms with Crippen molar-refractivity contribution in [3.05, 3.63) is 88.4 Å². The van der Waals surface area contributed by atoms with Crippen molar-refractivity contribution in [2.45, 2.75) is 20.4 Å². The summed E-state index contributed by atoms with van der Waals surface area (Å²) in [5.41, 5.74) is 8.16. The Morgan fingerprint density at radius 3 is 2.54 bits per heavy atom. The van der Waals surface area contributed by atoms with Crippen LogP contribution in [0.3, 0.4) is 0 Å². The molecule has 0 atom stereocenters. The second kappa shape index (κ2) is 10.4. The number of nitrogens with one attached hydrogen (secondary N) is 1. The van der Waals surface area contributed by atoms with Gasteiger partial charge in [0.25, 0.3) is 11.8 Å². The summed E-state index contributed by atoms with van der Waals surface area (Å²) in [5.74, 6) is 0.776. The summed E-state index contributed by atoms with van der Waals surface area (Å²) in [7, 11) is 0. The predicted molar refractivity (Wildman–Crippen MR) is 136 cm³/mol. The zero-order chi connectivity index (χ0) is 25.0. The van der Waals surface area contributed by atoms with Crippen molar-refractivity contribution < 1.29 is 19.1 Å². The maximum Gasteiger partial charge on any atom is 0.255 e. The minimum absolute atomic E-state index is 0.141. The minimum Gasteiger partial charge on any atom is -0.454 e. The van der Waals surface area contributed by atoms with Gasteiger partial charge in [-0.2, -0.15) is 0 Å². The topological polar surface area (TPSA) is 93.9 Å². The van der Waals surface area contributed by atoms with Crippen LogP contribution in [0.15, 0.2) is 66.7 Å². The number of hydrogen-bond donors (Lipinski definition) is 2. The van der Waals surface area contributed by atoms with Crippen LogP contribution in [0, 0.1) is 5.41 Å². The quantitative estimate of drug-likeness (QED) is 0.463. The Morgan fingerprint density at radius 1 is 1.00 bits per heavy atom. The number of hydrogen-bond acceptors (Lipinski definition) is 5. The van der Waals surface area contributed by atoms with Crippen molar-refractivity contribution in [2.75, 3.05) is 25.2 Å². The van der Waals surface area contributed by atoms with E-state index in [0.717, 1.165) is 5.56 Å². The first kappa shape index (κ1) is 24.6. The molecule has 1 heterocycles. The first-order valence-electron chi connectivity index (χ1n) is 11.3. The fourth-order valence-electron chi connectivity index (χ4n) is 3.79. The van der Waals surface area contributed by atoms with Crippen molar-refractivity contribution in [3.8, 4) is 11.5 Å². The zero-order valence-corrected chi connectivity index (χ0v) is 20.5. The molecule has 1 aliphatic rings. The van der Waals surface area contributed by atoms with E-state index in [1.807, 2.05) is 32.0 Å². The predicted octanol–water partition coefficient (Wildman–Crippen LogP) is 4.95. The summed E-state index contributed by atoms with van der Waals surface area (Å²) in [6.45, 7) is 5.41. The van der Waals surface area contributed by atoms with Crippen molar-refractivity contribution in [1.82, 2.24) is 4.90 Å². The van der Waals surface area contributed by atoms with Crippen LogP contribution in [0.5, 0.6) is 11.5 Å². The fourth-order valence-corrected chi connectivity index (χ4v) is 3.98. The van der Waals surface area contributed by atoms with Gasteiger partial charge in [-0.3, -0.25) is 9.59 Å². The molecule has 0 radical (unpaired) electrons. The van der Waals surface area contributed by atoms with E-state index in [-0.39, 0.29) is 24.0 Å². The van der Waals surface area contributed by atoms with Gasteiger partial charge < -0.3 is 25.4 Å². The Balaban J connectivity index is 1.55. The molecule has 8 heteroatoms. The van der Waals surface area contributed by atoms with Crippen molar-refractivity contribution in [1.29, 1.82) is 0 Å². The van der Waals surface area contributed by atoms with Gasteiger partial charge in [0.2, 0.25) is 6.79 Å². The van der Waals surface area contributed by atoms with E-state index in [4.69, 9.17) is 26.8 Å². The van der Waals surface area contributed by atoms with Gasteiger partial charge in [0, 0.05) is 34.9 Å². The molecule has 2 amide bonds. The molecule has 1 aliphatic heterocycles. The molecule has 35 heavy (non-hydrogen) atoms. The van der Waals surface area contributed by atoms with Crippen LogP contribution in [0.25, 0.3) is 0 Å². The first-order chi connectivity index (χ1) is 16.7. The Kier molecular flexibility index (Phi) is 7.28. The summed E-state index contributed by atoms with van der Waals surface area (Å²) in [5, 5.41) is 3.39. The molecule has 182 valence electrons. The Hall–Kier alpha value is -3.55. The number of fused-ring (bicyclic) bond motifs is 1. The number of anilines is 1. The van der Waals surface area contributed by atoms with Gasteiger partial charge in [-0.15, -0.1) is 0 Å². The number of nitrogens with two attached hydrogens (primary N) is 1. The number of halogens is 1. The van der Waals surface area contributed by atoms with Gasteiger partial charge in [-0.25, -0.2) is 0 Å². The molecule has 7 nitrogen and oxygen atoms in total.